The number of nitriles is 2. The average molecular weight is 273 g/mol. The zero-order valence-corrected chi connectivity index (χ0v) is 10.7. The highest BCUT2D eigenvalue weighted by Gasteiger charge is 2.12. The molecule has 98 valence electrons. The van der Waals surface area contributed by atoms with Crippen LogP contribution in [0.25, 0.3) is 23.0 Å². The van der Waals surface area contributed by atoms with Crippen LogP contribution in [0.15, 0.2) is 47.0 Å². The summed E-state index contributed by atoms with van der Waals surface area (Å²) in [5, 5.41) is 21.5. The van der Waals surface area contributed by atoms with E-state index in [0.717, 1.165) is 0 Å². The Morgan fingerprint density at radius 3 is 2.43 bits per heavy atom. The molecule has 2 heterocycles. The third-order valence-corrected chi connectivity index (χ3v) is 2.78. The Kier molecular flexibility index (Phi) is 3.12. The molecule has 2 aromatic heterocycles. The van der Waals surface area contributed by atoms with Gasteiger partial charge in [-0.15, -0.1) is 0 Å². The first-order valence-corrected chi connectivity index (χ1v) is 6.02. The van der Waals surface area contributed by atoms with Crippen LogP contribution >= 0.6 is 0 Å². The molecule has 3 aromatic rings. The fourth-order valence-electron chi connectivity index (χ4n) is 1.75. The molecular formula is C15H7N5O. The summed E-state index contributed by atoms with van der Waals surface area (Å²) in [5.74, 6) is 0.644. The van der Waals surface area contributed by atoms with E-state index in [1.165, 1.54) is 0 Å². The predicted octanol–water partition coefficient (Wildman–Crippen LogP) is 2.54. The molecule has 0 radical (unpaired) electrons. The number of hydrogen-bond acceptors (Lipinski definition) is 6. The summed E-state index contributed by atoms with van der Waals surface area (Å²) < 4.78 is 5.19. The maximum absolute atomic E-state index is 8.84. The molecule has 3 rings (SSSR count). The molecule has 0 saturated carbocycles. The lowest BCUT2D eigenvalue weighted by molar-refractivity contribution is 0.432. The molecule has 0 N–H and O–H groups in total. The Bertz CT molecular complexity index is 868. The number of pyridine rings is 1. The quantitative estimate of drug-likeness (QED) is 0.711. The van der Waals surface area contributed by atoms with Crippen LogP contribution in [-0.4, -0.2) is 15.1 Å². The van der Waals surface area contributed by atoms with E-state index in [1.54, 1.807) is 42.5 Å². The number of rotatable bonds is 2. The van der Waals surface area contributed by atoms with E-state index in [4.69, 9.17) is 15.0 Å². The molecule has 0 aliphatic heterocycles. The molecule has 0 unspecified atom stereocenters. The number of hydrogen-bond donors (Lipinski definition) is 0. The second-order valence-electron chi connectivity index (χ2n) is 4.13. The van der Waals surface area contributed by atoms with Crippen LogP contribution in [-0.2, 0) is 0 Å². The van der Waals surface area contributed by atoms with Crippen molar-refractivity contribution in [2.24, 2.45) is 0 Å². The molecule has 0 aliphatic rings. The summed E-state index contributed by atoms with van der Waals surface area (Å²) in [7, 11) is 0. The van der Waals surface area contributed by atoms with Gasteiger partial charge in [-0.1, -0.05) is 11.2 Å². The minimum absolute atomic E-state index is 0.289. The highest BCUT2D eigenvalue weighted by Crippen LogP contribution is 2.21. The molecule has 0 spiro atoms. The molecule has 0 aliphatic carbocycles. The van der Waals surface area contributed by atoms with E-state index in [2.05, 4.69) is 15.1 Å². The largest absolute Gasteiger partial charge is 0.334 e. The summed E-state index contributed by atoms with van der Waals surface area (Å²) in [6, 6.07) is 15.8. The topological polar surface area (TPSA) is 99.4 Å². The van der Waals surface area contributed by atoms with Crippen molar-refractivity contribution in [2.45, 2.75) is 0 Å². The molecule has 0 bridgehead atoms. The van der Waals surface area contributed by atoms with Crippen molar-refractivity contribution >= 4 is 0 Å². The number of aromatic nitrogens is 3. The van der Waals surface area contributed by atoms with Gasteiger partial charge < -0.3 is 4.52 Å². The van der Waals surface area contributed by atoms with Crippen LogP contribution in [0.5, 0.6) is 0 Å². The van der Waals surface area contributed by atoms with Gasteiger partial charge in [-0.05, 0) is 36.4 Å². The maximum Gasteiger partial charge on any atom is 0.258 e. The van der Waals surface area contributed by atoms with Crippen LogP contribution in [0.4, 0.5) is 0 Å². The standard InChI is InChI=1S/C15H7N5O/c16-8-10-4-6-11(7-5-10)15-19-14(20-21-15)13-3-1-2-12(9-17)18-13/h1-7H. The van der Waals surface area contributed by atoms with Gasteiger partial charge in [0.15, 0.2) is 0 Å². The van der Waals surface area contributed by atoms with Gasteiger partial charge in [-0.3, -0.25) is 0 Å². The summed E-state index contributed by atoms with van der Waals surface area (Å²) >= 11 is 0. The normalized spacial score (nSPS) is 9.81. The van der Waals surface area contributed by atoms with Gasteiger partial charge in [0.25, 0.3) is 5.89 Å². The molecule has 0 fully saturated rings. The van der Waals surface area contributed by atoms with Gasteiger partial charge in [-0.2, -0.15) is 15.5 Å². The van der Waals surface area contributed by atoms with E-state index in [-0.39, 0.29) is 5.69 Å². The van der Waals surface area contributed by atoms with Crippen LogP contribution in [0, 0.1) is 22.7 Å². The molecule has 0 amide bonds. The van der Waals surface area contributed by atoms with E-state index < -0.39 is 0 Å². The van der Waals surface area contributed by atoms with Crippen LogP contribution in [0.3, 0.4) is 0 Å². The zero-order chi connectivity index (χ0) is 14.7. The monoisotopic (exact) mass is 273 g/mol. The lowest BCUT2D eigenvalue weighted by Crippen LogP contribution is -1.88. The minimum atomic E-state index is 0.289. The molecule has 0 atom stereocenters. The van der Waals surface area contributed by atoms with Gasteiger partial charge in [0.2, 0.25) is 5.82 Å². The van der Waals surface area contributed by atoms with E-state index in [9.17, 15) is 0 Å². The van der Waals surface area contributed by atoms with E-state index in [1.807, 2.05) is 12.1 Å². The highest BCUT2D eigenvalue weighted by atomic mass is 16.5. The van der Waals surface area contributed by atoms with Gasteiger partial charge in [0.05, 0.1) is 11.6 Å². The third kappa shape index (κ3) is 2.46. The summed E-state index contributed by atoms with van der Waals surface area (Å²) in [6.45, 7) is 0. The van der Waals surface area contributed by atoms with Crippen molar-refractivity contribution in [3.8, 4) is 35.1 Å². The fraction of sp³-hybridized carbons (Fsp3) is 0. The van der Waals surface area contributed by atoms with Crippen LogP contribution in [0.1, 0.15) is 11.3 Å². The molecule has 21 heavy (non-hydrogen) atoms. The van der Waals surface area contributed by atoms with Crippen molar-refractivity contribution in [3.05, 3.63) is 53.7 Å². The molecule has 0 saturated heterocycles. The van der Waals surface area contributed by atoms with Crippen molar-refractivity contribution in [2.75, 3.05) is 0 Å². The van der Waals surface area contributed by atoms with Crippen molar-refractivity contribution < 1.29 is 4.52 Å². The first-order chi connectivity index (χ1) is 10.3. The highest BCUT2D eigenvalue weighted by molar-refractivity contribution is 5.58. The summed E-state index contributed by atoms with van der Waals surface area (Å²) in [4.78, 5) is 8.36. The van der Waals surface area contributed by atoms with Gasteiger partial charge in [0, 0.05) is 5.56 Å². The second-order valence-corrected chi connectivity index (χ2v) is 4.13. The third-order valence-electron chi connectivity index (χ3n) is 2.78. The van der Waals surface area contributed by atoms with E-state index in [0.29, 0.717) is 28.5 Å². The summed E-state index contributed by atoms with van der Waals surface area (Å²) in [6.07, 6.45) is 0. The SMILES string of the molecule is N#Cc1ccc(-c2nc(-c3cccc(C#N)n3)no2)cc1. The number of nitrogens with zero attached hydrogens (tertiary/aromatic N) is 5. The Hall–Kier alpha value is -3.51. The molecular weight excluding hydrogens is 266 g/mol. The van der Waals surface area contributed by atoms with Gasteiger partial charge in [0.1, 0.15) is 17.5 Å². The van der Waals surface area contributed by atoms with Gasteiger partial charge >= 0.3 is 0 Å². The minimum Gasteiger partial charge on any atom is -0.334 e. The first-order valence-electron chi connectivity index (χ1n) is 6.02. The molecule has 1 aromatic carbocycles. The average Bonchev–Trinajstić information content (AvgIpc) is 3.05. The van der Waals surface area contributed by atoms with Crippen molar-refractivity contribution in [1.82, 2.24) is 15.1 Å². The van der Waals surface area contributed by atoms with E-state index >= 15 is 0 Å². The van der Waals surface area contributed by atoms with Crippen LogP contribution in [0.2, 0.25) is 0 Å². The molecule has 6 nitrogen and oxygen atoms in total. The first kappa shape index (κ1) is 12.5. The van der Waals surface area contributed by atoms with Crippen molar-refractivity contribution in [1.29, 1.82) is 10.5 Å². The Morgan fingerprint density at radius 2 is 1.71 bits per heavy atom. The van der Waals surface area contributed by atoms with Gasteiger partial charge in [-0.25, -0.2) is 4.98 Å². The summed E-state index contributed by atoms with van der Waals surface area (Å²) in [5.41, 5.74) is 2.03. The second kappa shape index (κ2) is 5.24. The Labute approximate surface area is 119 Å². The Morgan fingerprint density at radius 1 is 0.905 bits per heavy atom. The van der Waals surface area contributed by atoms with Crippen LogP contribution < -0.4 is 0 Å². The smallest absolute Gasteiger partial charge is 0.258 e. The predicted molar refractivity (Wildman–Crippen MR) is 72.4 cm³/mol. The van der Waals surface area contributed by atoms with Crippen molar-refractivity contribution in [3.63, 3.8) is 0 Å². The Balaban J connectivity index is 1.96. The maximum atomic E-state index is 8.84. The number of benzene rings is 1. The fourth-order valence-corrected chi connectivity index (χ4v) is 1.75. The lowest BCUT2D eigenvalue weighted by Gasteiger charge is -1.94. The molecule has 6 heteroatoms. The zero-order valence-electron chi connectivity index (χ0n) is 10.7. The lowest BCUT2D eigenvalue weighted by atomic mass is 10.1.